The maximum atomic E-state index is 9.62. The molecule has 15 heavy (non-hydrogen) atoms. The molecule has 0 amide bonds. The Kier molecular flexibility index (Phi) is 2.52. The van der Waals surface area contributed by atoms with Gasteiger partial charge < -0.3 is 10.0 Å². The molecular weight excluding hydrogens is 186 g/mol. The minimum Gasteiger partial charge on any atom is -0.393 e. The lowest BCUT2D eigenvalue weighted by Gasteiger charge is -2.57. The summed E-state index contributed by atoms with van der Waals surface area (Å²) < 4.78 is 0. The molecule has 1 spiro atoms. The van der Waals surface area contributed by atoms with Gasteiger partial charge in [0.1, 0.15) is 0 Å². The number of hydrogen-bond donors (Lipinski definition) is 1. The van der Waals surface area contributed by atoms with E-state index in [0.29, 0.717) is 0 Å². The van der Waals surface area contributed by atoms with Gasteiger partial charge in [-0.05, 0) is 43.4 Å². The van der Waals surface area contributed by atoms with Crippen molar-refractivity contribution in [3.05, 3.63) is 0 Å². The minimum atomic E-state index is 0.00249. The fourth-order valence-electron chi connectivity index (χ4n) is 3.82. The zero-order valence-corrected chi connectivity index (χ0v) is 9.62. The van der Waals surface area contributed by atoms with Gasteiger partial charge in [0, 0.05) is 19.6 Å². The van der Waals surface area contributed by atoms with Crippen molar-refractivity contribution in [1.82, 2.24) is 4.90 Å². The number of nitrogens with zero attached hydrogens (tertiary/aromatic N) is 1. The molecule has 1 heterocycles. The fourth-order valence-corrected chi connectivity index (χ4v) is 3.82. The molecular formula is C13H23NO. The molecule has 2 heteroatoms. The second-order valence-electron chi connectivity index (χ2n) is 6.21. The molecule has 1 N–H and O–H groups in total. The topological polar surface area (TPSA) is 23.5 Å². The van der Waals surface area contributed by atoms with Crippen LogP contribution in [0.25, 0.3) is 0 Å². The van der Waals surface area contributed by atoms with Gasteiger partial charge in [-0.3, -0.25) is 0 Å². The quantitative estimate of drug-likeness (QED) is 0.752. The molecule has 1 aliphatic heterocycles. The van der Waals surface area contributed by atoms with E-state index in [1.54, 1.807) is 0 Å². The fraction of sp³-hybridized carbons (Fsp3) is 1.00. The highest BCUT2D eigenvalue weighted by atomic mass is 16.3. The predicted octanol–water partition coefficient (Wildman–Crippen LogP) is 2.02. The van der Waals surface area contributed by atoms with Crippen molar-refractivity contribution in [2.24, 2.45) is 11.3 Å². The van der Waals surface area contributed by atoms with Crippen LogP contribution in [0, 0.1) is 11.3 Å². The Bertz CT molecular complexity index is 229. The lowest BCUT2D eigenvalue weighted by Crippen LogP contribution is -2.60. The summed E-state index contributed by atoms with van der Waals surface area (Å²) in [6.07, 6.45) is 9.13. The van der Waals surface area contributed by atoms with Gasteiger partial charge in [-0.25, -0.2) is 0 Å². The molecule has 1 saturated heterocycles. The second kappa shape index (κ2) is 3.74. The zero-order valence-electron chi connectivity index (χ0n) is 9.62. The SMILES string of the molecule is OC1CCCC(CN2CC3(CCC3)C2)C1. The molecule has 86 valence electrons. The standard InChI is InChI=1S/C13H23NO/c15-12-4-1-3-11(7-12)8-14-9-13(10-14)5-2-6-13/h11-12,15H,1-10H2. The Morgan fingerprint density at radius 3 is 2.53 bits per heavy atom. The summed E-state index contributed by atoms with van der Waals surface area (Å²) in [6.45, 7) is 3.98. The van der Waals surface area contributed by atoms with Gasteiger partial charge in [0.25, 0.3) is 0 Å². The molecule has 0 aromatic carbocycles. The average Bonchev–Trinajstić information content (AvgIpc) is 2.07. The molecule has 2 atom stereocenters. The van der Waals surface area contributed by atoms with Crippen LogP contribution < -0.4 is 0 Å². The van der Waals surface area contributed by atoms with Crippen LogP contribution in [-0.4, -0.2) is 35.7 Å². The van der Waals surface area contributed by atoms with Gasteiger partial charge in [-0.15, -0.1) is 0 Å². The monoisotopic (exact) mass is 209 g/mol. The molecule has 0 aromatic rings. The van der Waals surface area contributed by atoms with Crippen LogP contribution in [0.15, 0.2) is 0 Å². The van der Waals surface area contributed by atoms with E-state index in [-0.39, 0.29) is 6.10 Å². The van der Waals surface area contributed by atoms with E-state index in [2.05, 4.69) is 4.90 Å². The van der Waals surface area contributed by atoms with Gasteiger partial charge in [-0.2, -0.15) is 0 Å². The zero-order chi connectivity index (χ0) is 10.3. The molecule has 0 aromatic heterocycles. The van der Waals surface area contributed by atoms with E-state index in [0.717, 1.165) is 24.2 Å². The molecule has 2 aliphatic carbocycles. The molecule has 2 saturated carbocycles. The average molecular weight is 209 g/mol. The van der Waals surface area contributed by atoms with Crippen molar-refractivity contribution < 1.29 is 5.11 Å². The Morgan fingerprint density at radius 2 is 1.93 bits per heavy atom. The van der Waals surface area contributed by atoms with E-state index < -0.39 is 0 Å². The van der Waals surface area contributed by atoms with Crippen molar-refractivity contribution in [3.63, 3.8) is 0 Å². The summed E-state index contributed by atoms with van der Waals surface area (Å²) in [5.74, 6) is 0.783. The number of hydrogen-bond acceptors (Lipinski definition) is 2. The van der Waals surface area contributed by atoms with Gasteiger partial charge in [0.2, 0.25) is 0 Å². The highest BCUT2D eigenvalue weighted by Gasteiger charge is 2.47. The number of likely N-dealkylation sites (tertiary alicyclic amines) is 1. The van der Waals surface area contributed by atoms with Crippen LogP contribution in [0.5, 0.6) is 0 Å². The first kappa shape index (κ1) is 10.1. The smallest absolute Gasteiger partial charge is 0.0543 e. The van der Waals surface area contributed by atoms with E-state index in [9.17, 15) is 5.11 Å². The second-order valence-corrected chi connectivity index (χ2v) is 6.21. The van der Waals surface area contributed by atoms with Gasteiger partial charge in [-0.1, -0.05) is 12.8 Å². The normalized spacial score (nSPS) is 39.8. The van der Waals surface area contributed by atoms with Crippen LogP contribution in [0.4, 0.5) is 0 Å². The number of aliphatic hydroxyl groups excluding tert-OH is 1. The Morgan fingerprint density at radius 1 is 1.13 bits per heavy atom. The summed E-state index contributed by atoms with van der Waals surface area (Å²) in [5.41, 5.74) is 0.771. The van der Waals surface area contributed by atoms with Crippen LogP contribution in [0.2, 0.25) is 0 Å². The third-order valence-electron chi connectivity index (χ3n) is 4.80. The molecule has 3 aliphatic rings. The summed E-state index contributed by atoms with van der Waals surface area (Å²) in [7, 11) is 0. The lowest BCUT2D eigenvalue weighted by atomic mass is 9.63. The van der Waals surface area contributed by atoms with Gasteiger partial charge >= 0.3 is 0 Å². The number of rotatable bonds is 2. The Hall–Kier alpha value is -0.0800. The molecule has 3 fully saturated rings. The highest BCUT2D eigenvalue weighted by molar-refractivity contribution is 5.00. The molecule has 2 nitrogen and oxygen atoms in total. The Balaban J connectivity index is 1.42. The maximum Gasteiger partial charge on any atom is 0.0543 e. The van der Waals surface area contributed by atoms with E-state index in [4.69, 9.17) is 0 Å². The first-order valence-electron chi connectivity index (χ1n) is 6.66. The summed E-state index contributed by atoms with van der Waals surface area (Å²) in [4.78, 5) is 2.63. The van der Waals surface area contributed by atoms with Crippen molar-refractivity contribution in [3.8, 4) is 0 Å². The molecule has 0 radical (unpaired) electrons. The van der Waals surface area contributed by atoms with Crippen molar-refractivity contribution in [1.29, 1.82) is 0 Å². The third kappa shape index (κ3) is 1.94. The van der Waals surface area contributed by atoms with Crippen LogP contribution in [0.3, 0.4) is 0 Å². The van der Waals surface area contributed by atoms with Crippen molar-refractivity contribution in [2.45, 2.75) is 51.0 Å². The Labute approximate surface area is 92.7 Å². The van der Waals surface area contributed by atoms with Crippen molar-refractivity contribution in [2.75, 3.05) is 19.6 Å². The number of aliphatic hydroxyl groups is 1. The summed E-state index contributed by atoms with van der Waals surface area (Å²) in [6, 6.07) is 0. The van der Waals surface area contributed by atoms with Gasteiger partial charge in [0.05, 0.1) is 6.10 Å². The van der Waals surface area contributed by atoms with E-state index in [1.807, 2.05) is 0 Å². The minimum absolute atomic E-state index is 0.00249. The summed E-state index contributed by atoms with van der Waals surface area (Å²) in [5, 5.41) is 9.62. The van der Waals surface area contributed by atoms with E-state index >= 15 is 0 Å². The third-order valence-corrected chi connectivity index (χ3v) is 4.80. The maximum absolute atomic E-state index is 9.62. The lowest BCUT2D eigenvalue weighted by molar-refractivity contribution is -0.0717. The summed E-state index contributed by atoms with van der Waals surface area (Å²) >= 11 is 0. The highest BCUT2D eigenvalue weighted by Crippen LogP contribution is 2.48. The van der Waals surface area contributed by atoms with Crippen LogP contribution >= 0.6 is 0 Å². The van der Waals surface area contributed by atoms with Crippen molar-refractivity contribution >= 4 is 0 Å². The van der Waals surface area contributed by atoms with Crippen LogP contribution in [-0.2, 0) is 0 Å². The first-order valence-corrected chi connectivity index (χ1v) is 6.66. The van der Waals surface area contributed by atoms with Crippen LogP contribution in [0.1, 0.15) is 44.9 Å². The van der Waals surface area contributed by atoms with E-state index in [1.165, 1.54) is 51.7 Å². The van der Waals surface area contributed by atoms with Gasteiger partial charge in [0.15, 0.2) is 0 Å². The molecule has 2 unspecified atom stereocenters. The predicted molar refractivity (Wildman–Crippen MR) is 60.7 cm³/mol. The first-order chi connectivity index (χ1) is 7.26. The molecule has 3 rings (SSSR count). The molecule has 0 bridgehead atoms. The largest absolute Gasteiger partial charge is 0.393 e.